The summed E-state index contributed by atoms with van der Waals surface area (Å²) in [6.45, 7) is 10.1. The van der Waals surface area contributed by atoms with Crippen molar-refractivity contribution in [3.05, 3.63) is 53.6 Å². The average molecular weight is 346 g/mol. The van der Waals surface area contributed by atoms with Crippen molar-refractivity contribution in [1.29, 1.82) is 0 Å². The highest BCUT2D eigenvalue weighted by Crippen LogP contribution is 2.40. The molecule has 0 heterocycles. The van der Waals surface area contributed by atoms with Gasteiger partial charge in [-0.05, 0) is 32.0 Å². The van der Waals surface area contributed by atoms with Crippen molar-refractivity contribution >= 4 is 40.0 Å². The van der Waals surface area contributed by atoms with Crippen LogP contribution in [0.2, 0.25) is 5.02 Å². The van der Waals surface area contributed by atoms with Gasteiger partial charge in [0.05, 0.1) is 5.69 Å². The van der Waals surface area contributed by atoms with Crippen molar-refractivity contribution in [1.82, 2.24) is 0 Å². The van der Waals surface area contributed by atoms with Crippen LogP contribution in [0.4, 0.5) is 5.69 Å². The van der Waals surface area contributed by atoms with Crippen molar-refractivity contribution in [3.63, 3.8) is 0 Å². The number of esters is 2. The number of rotatable bonds is 4. The van der Waals surface area contributed by atoms with Crippen molar-refractivity contribution < 1.29 is 19.1 Å². The van der Waals surface area contributed by atoms with Crippen LogP contribution >= 0.6 is 11.6 Å². The first-order chi connectivity index (χ1) is 11.2. The van der Waals surface area contributed by atoms with Gasteiger partial charge in [-0.2, -0.15) is 0 Å². The second-order valence-electron chi connectivity index (χ2n) is 5.32. The smallest absolute Gasteiger partial charge is 0.338 e. The second-order valence-corrected chi connectivity index (χ2v) is 5.76. The minimum absolute atomic E-state index is 0.143. The van der Waals surface area contributed by atoms with E-state index in [2.05, 4.69) is 13.2 Å². The lowest BCUT2D eigenvalue weighted by Gasteiger charge is -2.14. The Kier molecular flexibility index (Phi) is 4.95. The summed E-state index contributed by atoms with van der Waals surface area (Å²) in [6, 6.07) is 6.24. The lowest BCUT2D eigenvalue weighted by molar-refractivity contribution is -0.131. The monoisotopic (exact) mass is 345 g/mol. The number of anilines is 1. The molecule has 0 radical (unpaired) electrons. The van der Waals surface area contributed by atoms with Crippen LogP contribution < -0.4 is 15.2 Å². The Morgan fingerprint density at radius 2 is 1.58 bits per heavy atom. The SMILES string of the molecule is C=C(C)C(=O)Oc1cc(N)c(OC(=O)C(=C)C)c2ccc(Cl)cc12. The molecule has 0 spiro atoms. The maximum atomic E-state index is 11.8. The van der Waals surface area contributed by atoms with Crippen LogP contribution in [0.25, 0.3) is 10.8 Å². The van der Waals surface area contributed by atoms with Crippen LogP contribution in [0.3, 0.4) is 0 Å². The molecule has 2 aromatic rings. The molecule has 2 aromatic carbocycles. The van der Waals surface area contributed by atoms with Crippen molar-refractivity contribution in [2.24, 2.45) is 0 Å². The molecule has 0 aliphatic rings. The maximum Gasteiger partial charge on any atom is 0.338 e. The van der Waals surface area contributed by atoms with Crippen molar-refractivity contribution in [2.45, 2.75) is 13.8 Å². The lowest BCUT2D eigenvalue weighted by atomic mass is 10.1. The minimum Gasteiger partial charge on any atom is -0.422 e. The summed E-state index contributed by atoms with van der Waals surface area (Å²) in [4.78, 5) is 23.6. The Bertz CT molecular complexity index is 886. The van der Waals surface area contributed by atoms with Crippen molar-refractivity contribution in [2.75, 3.05) is 5.73 Å². The van der Waals surface area contributed by atoms with Crippen LogP contribution in [-0.4, -0.2) is 11.9 Å². The molecule has 6 heteroatoms. The number of halogens is 1. The minimum atomic E-state index is -0.607. The zero-order chi connectivity index (χ0) is 18.0. The van der Waals surface area contributed by atoms with E-state index >= 15 is 0 Å². The number of benzene rings is 2. The Morgan fingerprint density at radius 1 is 1.00 bits per heavy atom. The van der Waals surface area contributed by atoms with E-state index in [0.717, 1.165) is 0 Å². The highest BCUT2D eigenvalue weighted by atomic mass is 35.5. The Labute approximate surface area is 144 Å². The quantitative estimate of drug-likeness (QED) is 0.391. The molecule has 2 rings (SSSR count). The summed E-state index contributed by atoms with van der Waals surface area (Å²) in [6.07, 6.45) is 0. The third-order valence-electron chi connectivity index (χ3n) is 3.13. The van der Waals surface area contributed by atoms with E-state index < -0.39 is 11.9 Å². The fourth-order valence-corrected chi connectivity index (χ4v) is 2.10. The van der Waals surface area contributed by atoms with Gasteiger partial charge in [0.1, 0.15) is 5.75 Å². The van der Waals surface area contributed by atoms with Gasteiger partial charge in [0, 0.05) is 33.0 Å². The van der Waals surface area contributed by atoms with E-state index in [4.69, 9.17) is 26.8 Å². The third kappa shape index (κ3) is 3.58. The zero-order valence-corrected chi connectivity index (χ0v) is 14.1. The standard InChI is InChI=1S/C18H16ClNO4/c1-9(2)17(21)23-15-8-14(20)16(24-18(22)10(3)4)12-6-5-11(19)7-13(12)15/h5-8H,1,3,20H2,2,4H3. The number of carbonyl (C=O) groups is 2. The molecule has 0 saturated carbocycles. The van der Waals surface area contributed by atoms with Crippen LogP contribution in [0.15, 0.2) is 48.6 Å². The predicted octanol–water partition coefficient (Wildman–Crippen LogP) is 4.04. The third-order valence-corrected chi connectivity index (χ3v) is 3.37. The summed E-state index contributed by atoms with van der Waals surface area (Å²) < 4.78 is 10.6. The van der Waals surface area contributed by atoms with Gasteiger partial charge >= 0.3 is 11.9 Å². The lowest BCUT2D eigenvalue weighted by Crippen LogP contribution is -2.12. The molecule has 24 heavy (non-hydrogen) atoms. The summed E-state index contributed by atoms with van der Waals surface area (Å²) in [5, 5.41) is 1.39. The molecule has 0 aliphatic heterocycles. The first-order valence-corrected chi connectivity index (χ1v) is 7.35. The number of fused-ring (bicyclic) bond motifs is 1. The van der Waals surface area contributed by atoms with Gasteiger partial charge < -0.3 is 15.2 Å². The summed E-state index contributed by atoms with van der Waals surface area (Å²) in [5.41, 5.74) is 6.58. The summed E-state index contributed by atoms with van der Waals surface area (Å²) in [7, 11) is 0. The highest BCUT2D eigenvalue weighted by molar-refractivity contribution is 6.31. The Balaban J connectivity index is 2.64. The molecule has 0 saturated heterocycles. The average Bonchev–Trinajstić information content (AvgIpc) is 2.50. The number of carbonyl (C=O) groups excluding carboxylic acids is 2. The van der Waals surface area contributed by atoms with E-state index in [1.165, 1.54) is 19.9 Å². The highest BCUT2D eigenvalue weighted by Gasteiger charge is 2.18. The number of ether oxygens (including phenoxy) is 2. The molecular weight excluding hydrogens is 330 g/mol. The number of nitrogen functional groups attached to an aromatic ring is 1. The van der Waals surface area contributed by atoms with Crippen LogP contribution in [-0.2, 0) is 9.59 Å². The van der Waals surface area contributed by atoms with E-state index in [1.54, 1.807) is 18.2 Å². The molecule has 124 valence electrons. The van der Waals surface area contributed by atoms with E-state index in [-0.39, 0.29) is 28.3 Å². The van der Waals surface area contributed by atoms with E-state index in [1.807, 2.05) is 0 Å². The van der Waals surface area contributed by atoms with E-state index in [9.17, 15) is 9.59 Å². The molecule has 0 unspecified atom stereocenters. The van der Waals surface area contributed by atoms with E-state index in [0.29, 0.717) is 15.8 Å². The molecule has 0 aromatic heterocycles. The van der Waals surface area contributed by atoms with Gasteiger partial charge in [0.25, 0.3) is 0 Å². The molecule has 0 aliphatic carbocycles. The first-order valence-electron chi connectivity index (χ1n) is 6.97. The summed E-state index contributed by atoms with van der Waals surface area (Å²) in [5.74, 6) is -0.843. The second kappa shape index (κ2) is 6.76. The van der Waals surface area contributed by atoms with Gasteiger partial charge in [-0.15, -0.1) is 0 Å². The topological polar surface area (TPSA) is 78.6 Å². The van der Waals surface area contributed by atoms with Gasteiger partial charge in [0.15, 0.2) is 5.75 Å². The first kappa shape index (κ1) is 17.6. The number of nitrogens with two attached hydrogens (primary N) is 1. The van der Waals surface area contributed by atoms with Gasteiger partial charge in [-0.25, -0.2) is 9.59 Å². The fourth-order valence-electron chi connectivity index (χ4n) is 1.92. The number of hydrogen-bond donors (Lipinski definition) is 1. The van der Waals surface area contributed by atoms with Crippen LogP contribution in [0.5, 0.6) is 11.5 Å². The largest absolute Gasteiger partial charge is 0.422 e. The Morgan fingerprint density at radius 3 is 2.17 bits per heavy atom. The molecule has 0 amide bonds. The normalized spacial score (nSPS) is 10.3. The summed E-state index contributed by atoms with van der Waals surface area (Å²) >= 11 is 6.03. The van der Waals surface area contributed by atoms with Gasteiger partial charge in [0.2, 0.25) is 0 Å². The fraction of sp³-hybridized carbons (Fsp3) is 0.111. The Hall–Kier alpha value is -2.79. The van der Waals surface area contributed by atoms with Gasteiger partial charge in [-0.1, -0.05) is 24.8 Å². The molecule has 2 N–H and O–H groups in total. The molecule has 0 fully saturated rings. The van der Waals surface area contributed by atoms with Crippen LogP contribution in [0.1, 0.15) is 13.8 Å². The van der Waals surface area contributed by atoms with Crippen molar-refractivity contribution in [3.8, 4) is 11.5 Å². The predicted molar refractivity (Wildman–Crippen MR) is 94.3 cm³/mol. The van der Waals surface area contributed by atoms with Gasteiger partial charge in [-0.3, -0.25) is 0 Å². The van der Waals surface area contributed by atoms with Crippen LogP contribution in [0, 0.1) is 0 Å². The maximum absolute atomic E-state index is 11.8. The molecule has 0 bridgehead atoms. The number of hydrogen-bond acceptors (Lipinski definition) is 5. The molecular formula is C18H16ClNO4. The molecule has 0 atom stereocenters. The zero-order valence-electron chi connectivity index (χ0n) is 13.3. The molecule has 5 nitrogen and oxygen atoms in total.